The minimum atomic E-state index is -0.465. The van der Waals surface area contributed by atoms with Crippen molar-refractivity contribution in [3.63, 3.8) is 0 Å². The summed E-state index contributed by atoms with van der Waals surface area (Å²) in [6, 6.07) is 6.99. The molecule has 0 aliphatic carbocycles. The predicted octanol–water partition coefficient (Wildman–Crippen LogP) is 1.80. The Morgan fingerprint density at radius 1 is 1.47 bits per heavy atom. The fourth-order valence-electron chi connectivity index (χ4n) is 1.99. The molecule has 5 heteroatoms. The number of hydrogen-bond acceptors (Lipinski definition) is 4. The number of ether oxygens (including phenoxy) is 2. The van der Waals surface area contributed by atoms with Crippen LogP contribution >= 0.6 is 0 Å². The fraction of sp³-hybridized carbons (Fsp3) is 0.500. The maximum atomic E-state index is 11.8. The second-order valence-corrected chi connectivity index (χ2v) is 4.58. The molecule has 1 saturated heterocycles. The SMILES string of the molecule is CCCC(N)C(=O)Nc1cccc(C2OCCO2)c1. The van der Waals surface area contributed by atoms with Crippen molar-refractivity contribution in [3.8, 4) is 0 Å². The zero-order chi connectivity index (χ0) is 13.7. The molecule has 104 valence electrons. The topological polar surface area (TPSA) is 73.6 Å². The average Bonchev–Trinajstić information content (AvgIpc) is 2.93. The summed E-state index contributed by atoms with van der Waals surface area (Å²) in [5, 5.41) is 2.82. The molecule has 0 radical (unpaired) electrons. The summed E-state index contributed by atoms with van der Waals surface area (Å²) in [6.07, 6.45) is 1.24. The summed E-state index contributed by atoms with van der Waals surface area (Å²) in [4.78, 5) is 11.8. The van der Waals surface area contributed by atoms with Gasteiger partial charge in [0.1, 0.15) is 0 Å². The highest BCUT2D eigenvalue weighted by atomic mass is 16.7. The van der Waals surface area contributed by atoms with Crippen molar-refractivity contribution in [2.45, 2.75) is 32.1 Å². The molecule has 1 fully saturated rings. The van der Waals surface area contributed by atoms with Crippen LogP contribution in [0.5, 0.6) is 0 Å². The zero-order valence-corrected chi connectivity index (χ0v) is 11.1. The Labute approximate surface area is 113 Å². The molecule has 5 nitrogen and oxygen atoms in total. The number of amides is 1. The van der Waals surface area contributed by atoms with E-state index in [-0.39, 0.29) is 12.2 Å². The van der Waals surface area contributed by atoms with E-state index in [0.29, 0.717) is 25.3 Å². The summed E-state index contributed by atoms with van der Waals surface area (Å²) in [5.74, 6) is -0.160. The van der Waals surface area contributed by atoms with Crippen molar-refractivity contribution >= 4 is 11.6 Å². The second kappa shape index (κ2) is 6.65. The summed E-state index contributed by atoms with van der Waals surface area (Å²) >= 11 is 0. The molecule has 3 N–H and O–H groups in total. The van der Waals surface area contributed by atoms with Gasteiger partial charge in [0.25, 0.3) is 0 Å². The molecule has 1 heterocycles. The quantitative estimate of drug-likeness (QED) is 0.850. The number of nitrogens with one attached hydrogen (secondary N) is 1. The largest absolute Gasteiger partial charge is 0.346 e. The van der Waals surface area contributed by atoms with Crippen molar-refractivity contribution in [3.05, 3.63) is 29.8 Å². The van der Waals surface area contributed by atoms with E-state index in [2.05, 4.69) is 5.32 Å². The lowest BCUT2D eigenvalue weighted by Gasteiger charge is -2.14. The standard InChI is InChI=1S/C14H20N2O3/c1-2-4-12(15)13(17)16-11-6-3-5-10(9-11)14-18-7-8-19-14/h3,5-6,9,12,14H,2,4,7-8,15H2,1H3,(H,16,17). The highest BCUT2D eigenvalue weighted by molar-refractivity contribution is 5.94. The number of anilines is 1. The maximum Gasteiger partial charge on any atom is 0.241 e. The van der Waals surface area contributed by atoms with E-state index >= 15 is 0 Å². The first kappa shape index (κ1) is 14.0. The fourth-order valence-corrected chi connectivity index (χ4v) is 1.99. The minimum Gasteiger partial charge on any atom is -0.346 e. The van der Waals surface area contributed by atoms with E-state index in [1.165, 1.54) is 0 Å². The Kier molecular flexibility index (Phi) is 4.90. The van der Waals surface area contributed by atoms with E-state index in [1.54, 1.807) is 0 Å². The summed E-state index contributed by atoms with van der Waals surface area (Å²) in [7, 11) is 0. The van der Waals surface area contributed by atoms with Gasteiger partial charge in [0.2, 0.25) is 5.91 Å². The monoisotopic (exact) mass is 264 g/mol. The van der Waals surface area contributed by atoms with E-state index < -0.39 is 6.04 Å². The molecular weight excluding hydrogens is 244 g/mol. The molecule has 1 atom stereocenters. The first-order valence-electron chi connectivity index (χ1n) is 6.60. The van der Waals surface area contributed by atoms with Gasteiger partial charge in [-0.1, -0.05) is 25.5 Å². The Bertz CT molecular complexity index is 430. The Balaban J connectivity index is 2.00. The molecule has 1 aromatic carbocycles. The van der Waals surface area contributed by atoms with Crippen molar-refractivity contribution in [2.75, 3.05) is 18.5 Å². The van der Waals surface area contributed by atoms with Crippen LogP contribution in [0.25, 0.3) is 0 Å². The highest BCUT2D eigenvalue weighted by Gasteiger charge is 2.19. The van der Waals surface area contributed by atoms with E-state index in [0.717, 1.165) is 12.0 Å². The van der Waals surface area contributed by atoms with Crippen molar-refractivity contribution in [1.82, 2.24) is 0 Å². The molecule has 1 amide bonds. The van der Waals surface area contributed by atoms with Crippen LogP contribution in [0.1, 0.15) is 31.6 Å². The van der Waals surface area contributed by atoms with Crippen molar-refractivity contribution < 1.29 is 14.3 Å². The van der Waals surface area contributed by atoms with Gasteiger partial charge in [-0.15, -0.1) is 0 Å². The average molecular weight is 264 g/mol. The van der Waals surface area contributed by atoms with Gasteiger partial charge in [0, 0.05) is 11.3 Å². The second-order valence-electron chi connectivity index (χ2n) is 4.58. The van der Waals surface area contributed by atoms with E-state index in [1.807, 2.05) is 31.2 Å². The van der Waals surface area contributed by atoms with Crippen molar-refractivity contribution in [2.24, 2.45) is 5.73 Å². The van der Waals surface area contributed by atoms with Gasteiger partial charge in [-0.05, 0) is 18.6 Å². The van der Waals surface area contributed by atoms with Gasteiger partial charge in [-0.3, -0.25) is 4.79 Å². The van der Waals surface area contributed by atoms with Gasteiger partial charge in [-0.2, -0.15) is 0 Å². The molecule has 2 rings (SSSR count). The predicted molar refractivity (Wildman–Crippen MR) is 72.6 cm³/mol. The first-order chi connectivity index (χ1) is 9.20. The van der Waals surface area contributed by atoms with Crippen LogP contribution in [0.3, 0.4) is 0 Å². The zero-order valence-electron chi connectivity index (χ0n) is 11.1. The molecule has 1 aliphatic rings. The lowest BCUT2D eigenvalue weighted by molar-refractivity contribution is -0.117. The van der Waals surface area contributed by atoms with Crippen LogP contribution in [0, 0.1) is 0 Å². The van der Waals surface area contributed by atoms with Gasteiger partial charge in [0.05, 0.1) is 19.3 Å². The number of carbonyl (C=O) groups is 1. The molecular formula is C14H20N2O3. The molecule has 0 aromatic heterocycles. The van der Waals surface area contributed by atoms with E-state index in [4.69, 9.17) is 15.2 Å². The molecule has 0 bridgehead atoms. The van der Waals surface area contributed by atoms with Crippen LogP contribution < -0.4 is 11.1 Å². The smallest absolute Gasteiger partial charge is 0.241 e. The van der Waals surface area contributed by atoms with Gasteiger partial charge < -0.3 is 20.5 Å². The van der Waals surface area contributed by atoms with Crippen LogP contribution in [-0.2, 0) is 14.3 Å². The third-order valence-corrected chi connectivity index (χ3v) is 2.98. The molecule has 1 unspecified atom stereocenters. The van der Waals surface area contributed by atoms with Gasteiger partial charge in [-0.25, -0.2) is 0 Å². The molecule has 1 aromatic rings. The summed E-state index contributed by atoms with van der Waals surface area (Å²) < 4.78 is 10.9. The maximum absolute atomic E-state index is 11.8. The third kappa shape index (κ3) is 3.76. The van der Waals surface area contributed by atoms with Crippen LogP contribution in [0.2, 0.25) is 0 Å². The van der Waals surface area contributed by atoms with Crippen LogP contribution in [-0.4, -0.2) is 25.2 Å². The molecule has 1 aliphatic heterocycles. The Morgan fingerprint density at radius 2 is 2.21 bits per heavy atom. The summed E-state index contributed by atoms with van der Waals surface area (Å²) in [5.41, 5.74) is 7.39. The number of benzene rings is 1. The number of rotatable bonds is 5. The molecule has 0 spiro atoms. The Hall–Kier alpha value is -1.43. The van der Waals surface area contributed by atoms with Gasteiger partial charge in [0.15, 0.2) is 6.29 Å². The summed E-state index contributed by atoms with van der Waals surface area (Å²) in [6.45, 7) is 3.20. The first-order valence-corrected chi connectivity index (χ1v) is 6.60. The van der Waals surface area contributed by atoms with E-state index in [9.17, 15) is 4.79 Å². The van der Waals surface area contributed by atoms with Crippen LogP contribution in [0.15, 0.2) is 24.3 Å². The van der Waals surface area contributed by atoms with Gasteiger partial charge >= 0.3 is 0 Å². The number of nitrogens with two attached hydrogens (primary N) is 1. The number of carbonyl (C=O) groups excluding carboxylic acids is 1. The lowest BCUT2D eigenvalue weighted by atomic mass is 10.1. The highest BCUT2D eigenvalue weighted by Crippen LogP contribution is 2.25. The Morgan fingerprint density at radius 3 is 2.89 bits per heavy atom. The normalized spacial score (nSPS) is 17.4. The number of hydrogen-bond donors (Lipinski definition) is 2. The molecule has 0 saturated carbocycles. The minimum absolute atomic E-state index is 0.160. The van der Waals surface area contributed by atoms with Crippen molar-refractivity contribution in [1.29, 1.82) is 0 Å². The van der Waals surface area contributed by atoms with Crippen LogP contribution in [0.4, 0.5) is 5.69 Å². The third-order valence-electron chi connectivity index (χ3n) is 2.98. The molecule has 19 heavy (non-hydrogen) atoms. The lowest BCUT2D eigenvalue weighted by Crippen LogP contribution is -2.35.